The Morgan fingerprint density at radius 1 is 1.50 bits per heavy atom. The summed E-state index contributed by atoms with van der Waals surface area (Å²) in [6.07, 6.45) is 0. The van der Waals surface area contributed by atoms with E-state index < -0.39 is 0 Å². The summed E-state index contributed by atoms with van der Waals surface area (Å²) < 4.78 is 1.61. The minimum absolute atomic E-state index is 0.0618. The van der Waals surface area contributed by atoms with Gasteiger partial charge in [0.1, 0.15) is 0 Å². The van der Waals surface area contributed by atoms with Crippen molar-refractivity contribution in [2.75, 3.05) is 33.0 Å². The molecule has 80 valence electrons. The summed E-state index contributed by atoms with van der Waals surface area (Å²) in [4.78, 5) is 2.10. The van der Waals surface area contributed by atoms with Crippen LogP contribution in [0.4, 0.5) is 0 Å². The van der Waals surface area contributed by atoms with Gasteiger partial charge in [-0.2, -0.15) is 0 Å². The molecule has 1 aromatic heterocycles. The second-order valence-electron chi connectivity index (χ2n) is 3.06. The van der Waals surface area contributed by atoms with Crippen LogP contribution in [0.1, 0.15) is 0 Å². The maximum atomic E-state index is 8.74. The zero-order valence-corrected chi connectivity index (χ0v) is 9.24. The van der Waals surface area contributed by atoms with E-state index in [1.165, 1.54) is 0 Å². The first-order chi connectivity index (χ1) is 6.74. The molecule has 0 unspecified atom stereocenters. The highest BCUT2D eigenvalue weighted by Gasteiger charge is 2.05. The largest absolute Gasteiger partial charge is 0.394 e. The molecule has 1 rings (SSSR count). The summed E-state index contributed by atoms with van der Waals surface area (Å²) in [7, 11) is 4.05. The van der Waals surface area contributed by atoms with Crippen molar-refractivity contribution in [1.29, 1.82) is 0 Å². The van der Waals surface area contributed by atoms with Crippen molar-refractivity contribution in [1.82, 2.24) is 25.1 Å². The Labute approximate surface area is 87.3 Å². The quantitative estimate of drug-likeness (QED) is 0.637. The zero-order chi connectivity index (χ0) is 10.4. The van der Waals surface area contributed by atoms with Crippen molar-refractivity contribution in [3.05, 3.63) is 0 Å². The maximum Gasteiger partial charge on any atom is 0.209 e. The van der Waals surface area contributed by atoms with E-state index in [0.717, 1.165) is 17.5 Å². The predicted molar refractivity (Wildman–Crippen MR) is 54.2 cm³/mol. The molecule has 0 atom stereocenters. The lowest BCUT2D eigenvalue weighted by atomic mass is 10.7. The van der Waals surface area contributed by atoms with Gasteiger partial charge in [0.25, 0.3) is 0 Å². The van der Waals surface area contributed by atoms with Gasteiger partial charge in [-0.3, -0.25) is 0 Å². The van der Waals surface area contributed by atoms with Gasteiger partial charge in [0, 0.05) is 12.3 Å². The van der Waals surface area contributed by atoms with Gasteiger partial charge < -0.3 is 10.0 Å². The van der Waals surface area contributed by atoms with Gasteiger partial charge in [0.05, 0.1) is 13.2 Å². The fourth-order valence-electron chi connectivity index (χ4n) is 0.854. The molecule has 7 heteroatoms. The zero-order valence-electron chi connectivity index (χ0n) is 8.42. The Morgan fingerprint density at radius 3 is 2.93 bits per heavy atom. The van der Waals surface area contributed by atoms with Crippen LogP contribution in [0.3, 0.4) is 0 Å². The number of hydrogen-bond acceptors (Lipinski definition) is 6. The van der Waals surface area contributed by atoms with E-state index in [2.05, 4.69) is 20.4 Å². The summed E-state index contributed by atoms with van der Waals surface area (Å²) in [5.74, 6) is 0.943. The van der Waals surface area contributed by atoms with Gasteiger partial charge in [0.15, 0.2) is 0 Å². The molecule has 1 N–H and O–H groups in total. The Bertz CT molecular complexity index is 264. The number of aliphatic hydroxyl groups excluding tert-OH is 1. The van der Waals surface area contributed by atoms with E-state index in [1.807, 2.05) is 14.1 Å². The molecule has 0 spiro atoms. The van der Waals surface area contributed by atoms with Gasteiger partial charge in [-0.1, -0.05) is 11.8 Å². The molecule has 6 nitrogen and oxygen atoms in total. The van der Waals surface area contributed by atoms with Crippen molar-refractivity contribution in [3.8, 4) is 0 Å². The number of hydrogen-bond donors (Lipinski definition) is 1. The Balaban J connectivity index is 2.37. The SMILES string of the molecule is CN(C)CCSc1nnnn1CCO. The summed E-state index contributed by atoms with van der Waals surface area (Å²) in [6, 6.07) is 0. The number of tetrazole rings is 1. The molecule has 1 heterocycles. The van der Waals surface area contributed by atoms with Crippen molar-refractivity contribution in [3.63, 3.8) is 0 Å². The third-order valence-electron chi connectivity index (χ3n) is 1.58. The summed E-state index contributed by atoms with van der Waals surface area (Å²) in [5.41, 5.74) is 0. The predicted octanol–water partition coefficient (Wildman–Crippen LogP) is -0.681. The second-order valence-corrected chi connectivity index (χ2v) is 4.12. The first-order valence-electron chi connectivity index (χ1n) is 4.38. The van der Waals surface area contributed by atoms with Crippen LogP contribution in [0.25, 0.3) is 0 Å². The van der Waals surface area contributed by atoms with Crippen molar-refractivity contribution >= 4 is 11.8 Å². The van der Waals surface area contributed by atoms with Crippen LogP contribution in [-0.4, -0.2) is 63.2 Å². The van der Waals surface area contributed by atoms with E-state index in [0.29, 0.717) is 6.54 Å². The fraction of sp³-hybridized carbons (Fsp3) is 0.857. The second kappa shape index (κ2) is 5.94. The monoisotopic (exact) mass is 217 g/mol. The molecule has 0 aromatic carbocycles. The van der Waals surface area contributed by atoms with Crippen LogP contribution in [0.2, 0.25) is 0 Å². The fourth-order valence-corrected chi connectivity index (χ4v) is 1.86. The van der Waals surface area contributed by atoms with Crippen LogP contribution < -0.4 is 0 Å². The van der Waals surface area contributed by atoms with Crippen LogP contribution in [-0.2, 0) is 6.54 Å². The third-order valence-corrected chi connectivity index (χ3v) is 2.52. The third kappa shape index (κ3) is 3.60. The number of aliphatic hydroxyl groups is 1. The molecule has 0 saturated heterocycles. The smallest absolute Gasteiger partial charge is 0.209 e. The van der Waals surface area contributed by atoms with Gasteiger partial charge >= 0.3 is 0 Å². The molecule has 0 bridgehead atoms. The molecule has 0 aliphatic carbocycles. The van der Waals surface area contributed by atoms with Gasteiger partial charge in [-0.05, 0) is 24.5 Å². The molecule has 0 radical (unpaired) electrons. The van der Waals surface area contributed by atoms with E-state index >= 15 is 0 Å². The normalized spacial score (nSPS) is 11.1. The number of rotatable bonds is 6. The minimum atomic E-state index is 0.0618. The molecule has 0 fully saturated rings. The van der Waals surface area contributed by atoms with Crippen LogP contribution in [0, 0.1) is 0 Å². The number of aromatic nitrogens is 4. The van der Waals surface area contributed by atoms with Crippen LogP contribution >= 0.6 is 11.8 Å². The Kier molecular flexibility index (Phi) is 4.85. The molecule has 0 amide bonds. The average Bonchev–Trinajstić information content (AvgIpc) is 2.53. The highest BCUT2D eigenvalue weighted by molar-refractivity contribution is 7.99. The molecular weight excluding hydrogens is 202 g/mol. The Hall–Kier alpha value is -0.660. The first kappa shape index (κ1) is 11.4. The molecule has 0 saturated carbocycles. The highest BCUT2D eigenvalue weighted by Crippen LogP contribution is 2.12. The average molecular weight is 217 g/mol. The summed E-state index contributed by atoms with van der Waals surface area (Å²) >= 11 is 1.60. The lowest BCUT2D eigenvalue weighted by Gasteiger charge is -2.07. The summed E-state index contributed by atoms with van der Waals surface area (Å²) in [6.45, 7) is 1.50. The summed E-state index contributed by atoms with van der Waals surface area (Å²) in [5, 5.41) is 20.7. The number of nitrogens with zero attached hydrogens (tertiary/aromatic N) is 5. The van der Waals surface area contributed by atoms with Crippen molar-refractivity contribution in [2.45, 2.75) is 11.7 Å². The topological polar surface area (TPSA) is 67.1 Å². The highest BCUT2D eigenvalue weighted by atomic mass is 32.2. The van der Waals surface area contributed by atoms with Gasteiger partial charge in [-0.15, -0.1) is 5.10 Å². The molecule has 0 aliphatic heterocycles. The van der Waals surface area contributed by atoms with Gasteiger partial charge in [-0.25, -0.2) is 4.68 Å². The maximum absolute atomic E-state index is 8.74. The molecular formula is C7H15N5OS. The minimum Gasteiger partial charge on any atom is -0.394 e. The standard InChI is InChI=1S/C7H15N5OS/c1-11(2)4-6-14-7-8-9-10-12(7)3-5-13/h13H,3-6H2,1-2H3. The first-order valence-corrected chi connectivity index (χ1v) is 5.37. The molecule has 14 heavy (non-hydrogen) atoms. The Morgan fingerprint density at radius 2 is 2.29 bits per heavy atom. The van der Waals surface area contributed by atoms with E-state index in [-0.39, 0.29) is 6.61 Å². The lowest BCUT2D eigenvalue weighted by Crippen LogP contribution is -2.15. The van der Waals surface area contributed by atoms with Crippen molar-refractivity contribution < 1.29 is 5.11 Å². The van der Waals surface area contributed by atoms with Gasteiger partial charge in [0.2, 0.25) is 5.16 Å². The van der Waals surface area contributed by atoms with Crippen LogP contribution in [0.15, 0.2) is 5.16 Å². The molecule has 0 aliphatic rings. The van der Waals surface area contributed by atoms with Crippen LogP contribution in [0.5, 0.6) is 0 Å². The van der Waals surface area contributed by atoms with Crippen molar-refractivity contribution in [2.24, 2.45) is 0 Å². The van der Waals surface area contributed by atoms with E-state index in [4.69, 9.17) is 5.11 Å². The van der Waals surface area contributed by atoms with E-state index in [1.54, 1.807) is 16.4 Å². The molecule has 1 aromatic rings. The number of thioether (sulfide) groups is 1. The van der Waals surface area contributed by atoms with E-state index in [9.17, 15) is 0 Å². The lowest BCUT2D eigenvalue weighted by molar-refractivity contribution is 0.262.